The molecule has 1 atom stereocenters. The number of hydrogen-bond acceptors (Lipinski definition) is 3. The van der Waals surface area contributed by atoms with E-state index in [0.29, 0.717) is 0 Å². The van der Waals surface area contributed by atoms with Gasteiger partial charge in [-0.05, 0) is 26.3 Å². The maximum atomic E-state index is 11.8. The third-order valence-corrected chi connectivity index (χ3v) is 3.14. The summed E-state index contributed by atoms with van der Waals surface area (Å²) in [6, 6.07) is 10.4. The Balaban J connectivity index is 1.85. The highest BCUT2D eigenvalue weighted by atomic mass is 16.6. The van der Waals surface area contributed by atoms with Crippen LogP contribution < -0.4 is 5.32 Å². The van der Waals surface area contributed by atoms with Crippen molar-refractivity contribution >= 4 is 6.09 Å². The fraction of sp³-hybridized carbons (Fsp3) is 0.471. The predicted molar refractivity (Wildman–Crippen MR) is 84.0 cm³/mol. The number of amides is 1. The highest BCUT2D eigenvalue weighted by molar-refractivity contribution is 5.68. The van der Waals surface area contributed by atoms with Gasteiger partial charge in [0.1, 0.15) is 5.60 Å². The number of alkyl carbamates (subject to hydrolysis) is 1. The zero-order valence-corrected chi connectivity index (χ0v) is 13.0. The summed E-state index contributed by atoms with van der Waals surface area (Å²) in [6.07, 6.45) is 3.76. The molecule has 0 spiro atoms. The number of ether oxygens (including phenoxy) is 1. The molecule has 1 aliphatic heterocycles. The Morgan fingerprint density at radius 1 is 1.33 bits per heavy atom. The van der Waals surface area contributed by atoms with Crippen LogP contribution in [-0.2, 0) is 11.3 Å². The van der Waals surface area contributed by atoms with Crippen molar-refractivity contribution in [3.63, 3.8) is 0 Å². The van der Waals surface area contributed by atoms with Crippen LogP contribution in [0, 0.1) is 0 Å². The molecule has 0 bridgehead atoms. The van der Waals surface area contributed by atoms with Crippen molar-refractivity contribution in [2.45, 2.75) is 39.0 Å². The zero-order valence-electron chi connectivity index (χ0n) is 13.0. The van der Waals surface area contributed by atoms with Gasteiger partial charge in [0.25, 0.3) is 0 Å². The Kier molecular flexibility index (Phi) is 5.02. The topological polar surface area (TPSA) is 41.6 Å². The Labute approximate surface area is 126 Å². The van der Waals surface area contributed by atoms with Crippen LogP contribution in [0.2, 0.25) is 0 Å². The molecule has 0 fully saturated rings. The van der Waals surface area contributed by atoms with Gasteiger partial charge in [0, 0.05) is 19.6 Å². The molecule has 2 rings (SSSR count). The minimum absolute atomic E-state index is 0.00249. The van der Waals surface area contributed by atoms with Crippen molar-refractivity contribution in [1.82, 2.24) is 10.2 Å². The van der Waals surface area contributed by atoms with E-state index in [1.54, 1.807) is 0 Å². The Hall–Kier alpha value is -1.81. The van der Waals surface area contributed by atoms with Gasteiger partial charge in [0.05, 0.1) is 6.04 Å². The average molecular weight is 288 g/mol. The third kappa shape index (κ3) is 5.60. The first kappa shape index (κ1) is 15.6. The molecule has 1 unspecified atom stereocenters. The molecule has 4 heteroatoms. The lowest BCUT2D eigenvalue weighted by molar-refractivity contribution is 0.0502. The van der Waals surface area contributed by atoms with Crippen molar-refractivity contribution in [3.05, 3.63) is 48.0 Å². The molecule has 21 heavy (non-hydrogen) atoms. The lowest BCUT2D eigenvalue weighted by Crippen LogP contribution is -2.46. The Bertz CT molecular complexity index is 491. The Morgan fingerprint density at radius 2 is 2.05 bits per heavy atom. The van der Waals surface area contributed by atoms with Crippen molar-refractivity contribution in [2.24, 2.45) is 0 Å². The molecule has 1 amide bonds. The van der Waals surface area contributed by atoms with Crippen molar-refractivity contribution in [1.29, 1.82) is 0 Å². The summed E-state index contributed by atoms with van der Waals surface area (Å²) in [5.41, 5.74) is 0.815. The minimum atomic E-state index is -0.466. The van der Waals surface area contributed by atoms with Crippen molar-refractivity contribution < 1.29 is 9.53 Å². The fourth-order valence-corrected chi connectivity index (χ4v) is 2.31. The molecule has 0 aliphatic carbocycles. The van der Waals surface area contributed by atoms with E-state index in [1.807, 2.05) is 45.0 Å². The van der Waals surface area contributed by atoms with Gasteiger partial charge in [0.15, 0.2) is 0 Å². The molecule has 1 N–H and O–H groups in total. The monoisotopic (exact) mass is 288 g/mol. The molecule has 1 aliphatic rings. The molecule has 0 radical (unpaired) electrons. The maximum absolute atomic E-state index is 11.8. The second-order valence-electron chi connectivity index (χ2n) is 6.36. The molecule has 1 aromatic rings. The second-order valence-corrected chi connectivity index (χ2v) is 6.36. The predicted octanol–water partition coefficient (Wildman–Crippen LogP) is 2.95. The highest BCUT2D eigenvalue weighted by Crippen LogP contribution is 2.11. The number of benzene rings is 1. The second kappa shape index (κ2) is 6.76. The first-order valence-corrected chi connectivity index (χ1v) is 7.35. The van der Waals surface area contributed by atoms with Gasteiger partial charge in [0.2, 0.25) is 0 Å². The SMILES string of the molecule is CC(C)(C)OC(=O)NC1C=CCN(Cc2ccccc2)C1. The number of carbonyl (C=O) groups excluding carboxylic acids is 1. The van der Waals surface area contributed by atoms with Crippen molar-refractivity contribution in [2.75, 3.05) is 13.1 Å². The van der Waals surface area contributed by atoms with Crippen LogP contribution in [0.1, 0.15) is 26.3 Å². The molecular weight excluding hydrogens is 264 g/mol. The molecule has 0 saturated heterocycles. The summed E-state index contributed by atoms with van der Waals surface area (Å²) >= 11 is 0. The highest BCUT2D eigenvalue weighted by Gasteiger charge is 2.21. The number of nitrogens with one attached hydrogen (secondary N) is 1. The van der Waals surface area contributed by atoms with Gasteiger partial charge in [-0.3, -0.25) is 4.90 Å². The van der Waals surface area contributed by atoms with E-state index < -0.39 is 5.60 Å². The van der Waals surface area contributed by atoms with Crippen molar-refractivity contribution in [3.8, 4) is 0 Å². The zero-order chi connectivity index (χ0) is 15.3. The average Bonchev–Trinajstić information content (AvgIpc) is 2.38. The summed E-state index contributed by atoms with van der Waals surface area (Å²) in [6.45, 7) is 8.19. The maximum Gasteiger partial charge on any atom is 0.408 e. The summed E-state index contributed by atoms with van der Waals surface area (Å²) in [5, 5.41) is 2.90. The molecule has 4 nitrogen and oxygen atoms in total. The van der Waals surface area contributed by atoms with Gasteiger partial charge < -0.3 is 10.1 Å². The minimum Gasteiger partial charge on any atom is -0.444 e. The molecule has 114 valence electrons. The van der Waals surface area contributed by atoms with Gasteiger partial charge in [-0.25, -0.2) is 4.79 Å². The van der Waals surface area contributed by atoms with E-state index in [0.717, 1.165) is 19.6 Å². The van der Waals surface area contributed by atoms with Gasteiger partial charge in [-0.15, -0.1) is 0 Å². The van der Waals surface area contributed by atoms with Crippen LogP contribution in [0.5, 0.6) is 0 Å². The van der Waals surface area contributed by atoms with Crippen LogP contribution in [0.3, 0.4) is 0 Å². The van der Waals surface area contributed by atoms with Crippen LogP contribution >= 0.6 is 0 Å². The van der Waals surface area contributed by atoms with E-state index in [1.165, 1.54) is 5.56 Å². The van der Waals surface area contributed by atoms with E-state index in [-0.39, 0.29) is 12.1 Å². The molecule has 1 aromatic carbocycles. The van der Waals surface area contributed by atoms with E-state index >= 15 is 0 Å². The molecular formula is C17H24N2O2. The lowest BCUT2D eigenvalue weighted by Gasteiger charge is -2.30. The van der Waals surface area contributed by atoms with E-state index in [9.17, 15) is 4.79 Å². The van der Waals surface area contributed by atoms with Crippen LogP contribution in [0.15, 0.2) is 42.5 Å². The quantitative estimate of drug-likeness (QED) is 0.869. The van der Waals surface area contributed by atoms with Gasteiger partial charge in [-0.2, -0.15) is 0 Å². The number of hydrogen-bond donors (Lipinski definition) is 1. The van der Waals surface area contributed by atoms with Gasteiger partial charge in [-0.1, -0.05) is 42.5 Å². The molecule has 0 aromatic heterocycles. The van der Waals surface area contributed by atoms with Gasteiger partial charge >= 0.3 is 6.09 Å². The Morgan fingerprint density at radius 3 is 2.71 bits per heavy atom. The van der Waals surface area contributed by atoms with E-state index in [4.69, 9.17) is 4.74 Å². The fourth-order valence-electron chi connectivity index (χ4n) is 2.31. The first-order valence-electron chi connectivity index (χ1n) is 7.35. The van der Waals surface area contributed by atoms with Crippen LogP contribution in [0.4, 0.5) is 4.79 Å². The van der Waals surface area contributed by atoms with Crippen LogP contribution in [0.25, 0.3) is 0 Å². The number of carbonyl (C=O) groups is 1. The first-order chi connectivity index (χ1) is 9.92. The van der Waals surface area contributed by atoms with E-state index in [2.05, 4.69) is 28.4 Å². The summed E-state index contributed by atoms with van der Waals surface area (Å²) in [5.74, 6) is 0. The van der Waals surface area contributed by atoms with Crippen LogP contribution in [-0.4, -0.2) is 35.7 Å². The lowest BCUT2D eigenvalue weighted by atomic mass is 10.1. The molecule has 1 heterocycles. The number of nitrogens with zero attached hydrogens (tertiary/aromatic N) is 1. The standard InChI is InChI=1S/C17H24N2O2/c1-17(2,3)21-16(20)18-15-10-7-11-19(13-15)12-14-8-5-4-6-9-14/h4-10,15H,11-13H2,1-3H3,(H,18,20). The third-order valence-electron chi connectivity index (χ3n) is 3.14. The summed E-state index contributed by atoms with van der Waals surface area (Å²) in [7, 11) is 0. The summed E-state index contributed by atoms with van der Waals surface area (Å²) in [4.78, 5) is 14.1. The number of rotatable bonds is 3. The smallest absolute Gasteiger partial charge is 0.408 e. The largest absolute Gasteiger partial charge is 0.444 e. The summed E-state index contributed by atoms with van der Waals surface area (Å²) < 4.78 is 5.29. The molecule has 0 saturated carbocycles. The normalized spacial score (nSPS) is 19.3.